The van der Waals surface area contributed by atoms with Gasteiger partial charge in [-0.25, -0.2) is 0 Å². The molecule has 1 rings (SSSR count). The molecule has 0 atom stereocenters. The lowest BCUT2D eigenvalue weighted by Crippen LogP contribution is -2.17. The fourth-order valence-electron chi connectivity index (χ4n) is 1.25. The molecule has 0 aromatic heterocycles. The van der Waals surface area contributed by atoms with Crippen LogP contribution in [0, 0.1) is 0 Å². The maximum atomic E-state index is 12.0. The van der Waals surface area contributed by atoms with E-state index in [-0.39, 0.29) is 18.6 Å². The van der Waals surface area contributed by atoms with E-state index in [1.807, 2.05) is 0 Å². The van der Waals surface area contributed by atoms with Gasteiger partial charge in [-0.2, -0.15) is 0 Å². The van der Waals surface area contributed by atoms with Gasteiger partial charge in [0.15, 0.2) is 11.5 Å². The summed E-state index contributed by atoms with van der Waals surface area (Å²) in [6.45, 7) is 1.80. The van der Waals surface area contributed by atoms with Crippen LogP contribution in [-0.4, -0.2) is 24.0 Å². The molecule has 100 valence electrons. The van der Waals surface area contributed by atoms with Gasteiger partial charge in [0.2, 0.25) is 0 Å². The van der Waals surface area contributed by atoms with Gasteiger partial charge in [0.1, 0.15) is 0 Å². The van der Waals surface area contributed by atoms with Gasteiger partial charge < -0.3 is 14.6 Å². The number of phenolic OH excluding ortho intramolecular Hbond substituents is 1. The van der Waals surface area contributed by atoms with Crippen molar-refractivity contribution in [1.29, 1.82) is 0 Å². The van der Waals surface area contributed by atoms with Crippen molar-refractivity contribution in [3.63, 3.8) is 0 Å². The zero-order valence-electron chi connectivity index (χ0n) is 9.45. The van der Waals surface area contributed by atoms with E-state index in [2.05, 4.69) is 9.47 Å². The summed E-state index contributed by atoms with van der Waals surface area (Å²) in [5.41, 5.74) is 0.255. The summed E-state index contributed by atoms with van der Waals surface area (Å²) in [6.07, 6.45) is -5.09. The number of phenols is 1. The first-order valence-electron chi connectivity index (χ1n) is 5.05. The van der Waals surface area contributed by atoms with Crippen molar-refractivity contribution in [2.45, 2.75) is 19.7 Å². The normalized spacial score (nSPS) is 11.1. The molecule has 18 heavy (non-hydrogen) atoms. The van der Waals surface area contributed by atoms with Crippen molar-refractivity contribution in [3.05, 3.63) is 23.8 Å². The quantitative estimate of drug-likeness (QED) is 0.848. The molecule has 0 radical (unpaired) electrons. The van der Waals surface area contributed by atoms with E-state index in [0.717, 1.165) is 12.1 Å². The standard InChI is InChI=1S/C11H11F3O4/c1-2-17-10(16)6-7-3-4-8(15)9(5-7)18-11(12,13)14/h3-5,15H,2,6H2,1H3. The molecule has 0 spiro atoms. The molecule has 0 saturated carbocycles. The number of hydrogen-bond donors (Lipinski definition) is 1. The van der Waals surface area contributed by atoms with E-state index >= 15 is 0 Å². The second-order valence-electron chi connectivity index (χ2n) is 3.33. The van der Waals surface area contributed by atoms with Gasteiger partial charge in [0.25, 0.3) is 0 Å². The molecular weight excluding hydrogens is 253 g/mol. The first-order valence-corrected chi connectivity index (χ1v) is 5.05. The van der Waals surface area contributed by atoms with Crippen molar-refractivity contribution < 1.29 is 32.5 Å². The van der Waals surface area contributed by atoms with Crippen LogP contribution in [0.25, 0.3) is 0 Å². The molecule has 0 saturated heterocycles. The van der Waals surface area contributed by atoms with Crippen LogP contribution in [0.4, 0.5) is 13.2 Å². The molecule has 1 N–H and O–H groups in total. The summed E-state index contributed by atoms with van der Waals surface area (Å²) in [4.78, 5) is 11.1. The van der Waals surface area contributed by atoms with E-state index in [4.69, 9.17) is 0 Å². The first-order chi connectivity index (χ1) is 8.31. The number of carbonyl (C=O) groups is 1. The Morgan fingerprint density at radius 1 is 1.39 bits per heavy atom. The first kappa shape index (κ1) is 14.1. The number of esters is 1. The van der Waals surface area contributed by atoms with Crippen molar-refractivity contribution in [3.8, 4) is 11.5 Å². The average Bonchev–Trinajstić information content (AvgIpc) is 2.21. The molecule has 0 bridgehead atoms. The van der Waals surface area contributed by atoms with Crippen LogP contribution in [-0.2, 0) is 16.0 Å². The molecular formula is C11H11F3O4. The zero-order valence-corrected chi connectivity index (χ0v) is 9.45. The maximum Gasteiger partial charge on any atom is 0.573 e. The number of aromatic hydroxyl groups is 1. The smallest absolute Gasteiger partial charge is 0.504 e. The van der Waals surface area contributed by atoms with Crippen molar-refractivity contribution in [2.24, 2.45) is 0 Å². The van der Waals surface area contributed by atoms with Gasteiger partial charge in [-0.3, -0.25) is 4.79 Å². The Balaban J connectivity index is 2.84. The summed E-state index contributed by atoms with van der Waals surface area (Å²) < 4.78 is 44.3. The number of benzene rings is 1. The largest absolute Gasteiger partial charge is 0.573 e. The molecule has 4 nitrogen and oxygen atoms in total. The highest BCUT2D eigenvalue weighted by Gasteiger charge is 2.32. The SMILES string of the molecule is CCOC(=O)Cc1ccc(O)c(OC(F)(F)F)c1. The Kier molecular flexibility index (Phi) is 4.41. The molecule has 0 aliphatic carbocycles. The number of halogens is 3. The summed E-state index contributed by atoms with van der Waals surface area (Å²) in [5, 5.41) is 9.19. The van der Waals surface area contributed by atoms with Crippen molar-refractivity contribution in [1.82, 2.24) is 0 Å². The van der Waals surface area contributed by atoms with Gasteiger partial charge in [-0.1, -0.05) is 6.07 Å². The number of carbonyl (C=O) groups excluding carboxylic acids is 1. The fraction of sp³-hybridized carbons (Fsp3) is 0.364. The van der Waals surface area contributed by atoms with E-state index in [1.54, 1.807) is 6.92 Å². The topological polar surface area (TPSA) is 55.8 Å². The van der Waals surface area contributed by atoms with Crippen LogP contribution in [0.15, 0.2) is 18.2 Å². The van der Waals surface area contributed by atoms with Crippen LogP contribution >= 0.6 is 0 Å². The van der Waals surface area contributed by atoms with Crippen LogP contribution in [0.5, 0.6) is 11.5 Å². The molecule has 0 fully saturated rings. The third-order valence-electron chi connectivity index (χ3n) is 1.90. The average molecular weight is 264 g/mol. The van der Waals surface area contributed by atoms with Crippen LogP contribution in [0.2, 0.25) is 0 Å². The molecule has 1 aromatic carbocycles. The zero-order chi connectivity index (χ0) is 13.8. The Labute approximate surface area is 101 Å². The van der Waals surface area contributed by atoms with Gasteiger partial charge in [-0.05, 0) is 24.6 Å². The highest BCUT2D eigenvalue weighted by Crippen LogP contribution is 2.32. The molecule has 7 heteroatoms. The lowest BCUT2D eigenvalue weighted by molar-refractivity contribution is -0.275. The lowest BCUT2D eigenvalue weighted by Gasteiger charge is -2.11. The molecule has 0 heterocycles. The van der Waals surface area contributed by atoms with Crippen LogP contribution in [0.3, 0.4) is 0 Å². The minimum Gasteiger partial charge on any atom is -0.504 e. The van der Waals surface area contributed by atoms with Gasteiger partial charge in [0, 0.05) is 0 Å². The number of alkyl halides is 3. The highest BCUT2D eigenvalue weighted by atomic mass is 19.4. The van der Waals surface area contributed by atoms with E-state index in [1.165, 1.54) is 6.07 Å². The molecule has 0 amide bonds. The number of rotatable bonds is 4. The Morgan fingerprint density at radius 3 is 2.61 bits per heavy atom. The predicted octanol–water partition coefficient (Wildman–Crippen LogP) is 2.40. The second-order valence-corrected chi connectivity index (χ2v) is 3.33. The predicted molar refractivity (Wildman–Crippen MR) is 55.1 cm³/mol. The minimum atomic E-state index is -4.90. The third kappa shape index (κ3) is 4.52. The van der Waals surface area contributed by atoms with Gasteiger partial charge in [-0.15, -0.1) is 13.2 Å². The van der Waals surface area contributed by atoms with E-state index in [0.29, 0.717) is 0 Å². The third-order valence-corrected chi connectivity index (χ3v) is 1.90. The fourth-order valence-corrected chi connectivity index (χ4v) is 1.25. The Bertz CT molecular complexity index is 429. The summed E-state index contributed by atoms with van der Waals surface area (Å²) in [6, 6.07) is 3.28. The Hall–Kier alpha value is -1.92. The summed E-state index contributed by atoms with van der Waals surface area (Å²) in [5.74, 6) is -1.97. The second kappa shape index (κ2) is 5.61. The van der Waals surface area contributed by atoms with Crippen LogP contribution in [0.1, 0.15) is 12.5 Å². The maximum absolute atomic E-state index is 12.0. The van der Waals surface area contributed by atoms with Gasteiger partial charge in [0.05, 0.1) is 13.0 Å². The number of ether oxygens (including phenoxy) is 2. The Morgan fingerprint density at radius 2 is 2.06 bits per heavy atom. The monoisotopic (exact) mass is 264 g/mol. The van der Waals surface area contributed by atoms with Crippen LogP contribution < -0.4 is 4.74 Å². The highest BCUT2D eigenvalue weighted by molar-refractivity contribution is 5.72. The van der Waals surface area contributed by atoms with Crippen molar-refractivity contribution >= 4 is 5.97 Å². The molecule has 0 aliphatic heterocycles. The molecule has 0 aliphatic rings. The van der Waals surface area contributed by atoms with E-state index < -0.39 is 23.8 Å². The molecule has 0 unspecified atom stereocenters. The lowest BCUT2D eigenvalue weighted by atomic mass is 10.1. The van der Waals surface area contributed by atoms with Gasteiger partial charge >= 0.3 is 12.3 Å². The molecule has 1 aromatic rings. The number of hydrogen-bond acceptors (Lipinski definition) is 4. The summed E-state index contributed by atoms with van der Waals surface area (Å²) in [7, 11) is 0. The summed E-state index contributed by atoms with van der Waals surface area (Å²) >= 11 is 0. The van der Waals surface area contributed by atoms with Crippen molar-refractivity contribution in [2.75, 3.05) is 6.61 Å². The van der Waals surface area contributed by atoms with E-state index in [9.17, 15) is 23.1 Å². The minimum absolute atomic E-state index is 0.183.